The lowest BCUT2D eigenvalue weighted by Crippen LogP contribution is -2.55. The summed E-state index contributed by atoms with van der Waals surface area (Å²) in [5.41, 5.74) is 0.834. The summed E-state index contributed by atoms with van der Waals surface area (Å²) in [6, 6.07) is 0.411. The molecule has 0 unspecified atom stereocenters. The molecule has 0 spiro atoms. The van der Waals surface area contributed by atoms with E-state index in [9.17, 15) is 4.79 Å². The van der Waals surface area contributed by atoms with E-state index >= 15 is 0 Å². The molecule has 1 amide bonds. The van der Waals surface area contributed by atoms with Crippen molar-refractivity contribution in [3.05, 3.63) is 12.5 Å². The maximum Gasteiger partial charge on any atom is 0.236 e. The Morgan fingerprint density at radius 2 is 2.04 bits per heavy atom. The predicted molar refractivity (Wildman–Crippen MR) is 99.0 cm³/mol. The van der Waals surface area contributed by atoms with Crippen LogP contribution in [0.1, 0.15) is 6.92 Å². The van der Waals surface area contributed by atoms with Gasteiger partial charge >= 0.3 is 0 Å². The molecule has 1 atom stereocenters. The second-order valence-corrected chi connectivity index (χ2v) is 7.09. The number of fused-ring (bicyclic) bond motifs is 1. The van der Waals surface area contributed by atoms with Gasteiger partial charge in [-0.15, -0.1) is 0 Å². The Balaban J connectivity index is 1.38. The van der Waals surface area contributed by atoms with Gasteiger partial charge in [0, 0.05) is 58.9 Å². The Morgan fingerprint density at radius 3 is 2.81 bits per heavy atom. The van der Waals surface area contributed by atoms with E-state index in [2.05, 4.69) is 37.1 Å². The number of anilines is 1. The Kier molecular flexibility index (Phi) is 4.73. The van der Waals surface area contributed by atoms with Gasteiger partial charge in [0.15, 0.2) is 5.65 Å². The molecule has 2 aromatic rings. The first-order chi connectivity index (χ1) is 12.6. The normalized spacial score (nSPS) is 22.2. The van der Waals surface area contributed by atoms with Gasteiger partial charge in [-0.3, -0.25) is 14.4 Å². The lowest BCUT2D eigenvalue weighted by Gasteiger charge is -2.38. The van der Waals surface area contributed by atoms with Crippen molar-refractivity contribution in [2.24, 2.45) is 7.05 Å². The summed E-state index contributed by atoms with van der Waals surface area (Å²) in [5.74, 6) is 1.14. The third-order valence-corrected chi connectivity index (χ3v) is 5.42. The van der Waals surface area contributed by atoms with Crippen molar-refractivity contribution in [1.29, 1.82) is 0 Å². The van der Waals surface area contributed by atoms with E-state index in [4.69, 9.17) is 0 Å². The Morgan fingerprint density at radius 1 is 1.23 bits per heavy atom. The highest BCUT2D eigenvalue weighted by Crippen LogP contribution is 2.23. The van der Waals surface area contributed by atoms with Gasteiger partial charge in [-0.25, -0.2) is 9.97 Å². The molecule has 4 heterocycles. The fourth-order valence-electron chi connectivity index (χ4n) is 3.76. The summed E-state index contributed by atoms with van der Waals surface area (Å²) in [5, 5.41) is 8.61. The van der Waals surface area contributed by atoms with E-state index in [0.717, 1.165) is 62.7 Å². The number of nitrogens with one attached hydrogen (secondary N) is 1. The molecule has 26 heavy (non-hydrogen) atoms. The molecular formula is C17H26N8O. The van der Waals surface area contributed by atoms with E-state index in [1.165, 1.54) is 0 Å². The van der Waals surface area contributed by atoms with Crippen LogP contribution in [0.2, 0.25) is 0 Å². The van der Waals surface area contributed by atoms with Crippen molar-refractivity contribution in [3.8, 4) is 0 Å². The van der Waals surface area contributed by atoms with Gasteiger partial charge in [-0.1, -0.05) is 0 Å². The highest BCUT2D eigenvalue weighted by atomic mass is 16.2. The Labute approximate surface area is 153 Å². The summed E-state index contributed by atoms with van der Waals surface area (Å²) in [6.45, 7) is 8.56. The number of nitrogens with zero attached hydrogens (tertiary/aromatic N) is 7. The number of piperazine rings is 2. The summed E-state index contributed by atoms with van der Waals surface area (Å²) >= 11 is 0. The second-order valence-electron chi connectivity index (χ2n) is 7.09. The van der Waals surface area contributed by atoms with Crippen molar-refractivity contribution < 1.29 is 4.79 Å². The highest BCUT2D eigenvalue weighted by molar-refractivity contribution is 5.86. The van der Waals surface area contributed by atoms with Gasteiger partial charge in [-0.05, 0) is 6.92 Å². The van der Waals surface area contributed by atoms with Crippen LogP contribution in [-0.4, -0.2) is 93.9 Å². The number of carbonyl (C=O) groups excluding carboxylic acids is 1. The number of hydrogen-bond donors (Lipinski definition) is 1. The van der Waals surface area contributed by atoms with Crippen molar-refractivity contribution in [3.63, 3.8) is 0 Å². The predicted octanol–water partition coefficient (Wildman–Crippen LogP) is -0.694. The van der Waals surface area contributed by atoms with E-state index in [0.29, 0.717) is 12.6 Å². The molecule has 1 N–H and O–H groups in total. The molecule has 2 saturated heterocycles. The molecular weight excluding hydrogens is 332 g/mol. The molecule has 0 bridgehead atoms. The smallest absolute Gasteiger partial charge is 0.236 e. The van der Waals surface area contributed by atoms with E-state index in [-0.39, 0.29) is 5.91 Å². The van der Waals surface area contributed by atoms with Crippen molar-refractivity contribution >= 4 is 22.8 Å². The Bertz CT molecular complexity index is 782. The molecule has 2 aliphatic rings. The SMILES string of the molecule is C[C@H]1CNCCN1CC(=O)N1CCN(c2ncnc3c2cnn3C)CC1. The van der Waals surface area contributed by atoms with Crippen LogP contribution in [0.5, 0.6) is 0 Å². The molecule has 9 nitrogen and oxygen atoms in total. The zero-order valence-electron chi connectivity index (χ0n) is 15.4. The lowest BCUT2D eigenvalue weighted by atomic mass is 10.2. The minimum Gasteiger partial charge on any atom is -0.352 e. The topological polar surface area (TPSA) is 82.4 Å². The van der Waals surface area contributed by atoms with Gasteiger partial charge in [0.25, 0.3) is 0 Å². The molecule has 0 saturated carbocycles. The average Bonchev–Trinajstić information content (AvgIpc) is 3.05. The maximum absolute atomic E-state index is 12.7. The number of aromatic nitrogens is 4. The fraction of sp³-hybridized carbons (Fsp3) is 0.647. The first-order valence-corrected chi connectivity index (χ1v) is 9.23. The number of aryl methyl sites for hydroxylation is 1. The molecule has 0 radical (unpaired) electrons. The Hall–Kier alpha value is -2.26. The standard InChI is InChI=1S/C17H26N8O/c1-13-9-18-3-4-25(13)11-15(26)23-5-7-24(8-6-23)17-14-10-21-22(2)16(14)19-12-20-17/h10,12-13,18H,3-9,11H2,1-2H3/t13-/m0/s1. The zero-order chi connectivity index (χ0) is 18.1. The van der Waals surface area contributed by atoms with Crippen molar-refractivity contribution in [2.45, 2.75) is 13.0 Å². The van der Waals surface area contributed by atoms with Crippen LogP contribution in [0, 0.1) is 0 Å². The van der Waals surface area contributed by atoms with Crippen LogP contribution in [-0.2, 0) is 11.8 Å². The van der Waals surface area contributed by atoms with E-state index in [1.807, 2.05) is 18.1 Å². The molecule has 0 aromatic carbocycles. The van der Waals surface area contributed by atoms with Crippen LogP contribution in [0.25, 0.3) is 11.0 Å². The first kappa shape index (κ1) is 17.2. The quantitative estimate of drug-likeness (QED) is 0.777. The minimum atomic E-state index is 0.229. The molecule has 2 aliphatic heterocycles. The molecule has 2 aromatic heterocycles. The number of carbonyl (C=O) groups is 1. The molecule has 9 heteroatoms. The van der Waals surface area contributed by atoms with Crippen molar-refractivity contribution in [1.82, 2.24) is 34.9 Å². The lowest BCUT2D eigenvalue weighted by molar-refractivity contribution is -0.133. The van der Waals surface area contributed by atoms with Crippen molar-refractivity contribution in [2.75, 3.05) is 57.3 Å². The van der Waals surface area contributed by atoms with Gasteiger partial charge in [-0.2, -0.15) is 5.10 Å². The van der Waals surface area contributed by atoms with Crippen LogP contribution in [0.4, 0.5) is 5.82 Å². The van der Waals surface area contributed by atoms with Crippen LogP contribution in [0.15, 0.2) is 12.5 Å². The summed E-state index contributed by atoms with van der Waals surface area (Å²) in [7, 11) is 1.88. The summed E-state index contributed by atoms with van der Waals surface area (Å²) < 4.78 is 1.76. The highest BCUT2D eigenvalue weighted by Gasteiger charge is 2.27. The number of amides is 1. The van der Waals surface area contributed by atoms with Gasteiger partial charge in [0.2, 0.25) is 5.91 Å². The largest absolute Gasteiger partial charge is 0.352 e. The first-order valence-electron chi connectivity index (χ1n) is 9.23. The molecule has 140 valence electrons. The molecule has 2 fully saturated rings. The monoisotopic (exact) mass is 358 g/mol. The van der Waals surface area contributed by atoms with Gasteiger partial charge in [0.1, 0.15) is 12.1 Å². The third kappa shape index (κ3) is 3.24. The summed E-state index contributed by atoms with van der Waals surface area (Å²) in [4.78, 5) is 27.9. The third-order valence-electron chi connectivity index (χ3n) is 5.42. The van der Waals surface area contributed by atoms with Crippen LogP contribution in [0.3, 0.4) is 0 Å². The minimum absolute atomic E-state index is 0.229. The van der Waals surface area contributed by atoms with Crippen LogP contribution >= 0.6 is 0 Å². The van der Waals surface area contributed by atoms with E-state index in [1.54, 1.807) is 11.0 Å². The molecule has 4 rings (SSSR count). The van der Waals surface area contributed by atoms with Gasteiger partial charge in [0.05, 0.1) is 18.1 Å². The maximum atomic E-state index is 12.7. The van der Waals surface area contributed by atoms with Gasteiger partial charge < -0.3 is 15.1 Å². The van der Waals surface area contributed by atoms with E-state index < -0.39 is 0 Å². The number of hydrogen-bond acceptors (Lipinski definition) is 7. The summed E-state index contributed by atoms with van der Waals surface area (Å²) in [6.07, 6.45) is 3.40. The number of rotatable bonds is 3. The second kappa shape index (κ2) is 7.16. The zero-order valence-corrected chi connectivity index (χ0v) is 15.4. The molecule has 0 aliphatic carbocycles. The fourth-order valence-corrected chi connectivity index (χ4v) is 3.76. The van der Waals surface area contributed by atoms with Crippen LogP contribution < -0.4 is 10.2 Å². The average molecular weight is 358 g/mol.